The molecule has 0 spiro atoms. The number of non-ortho nitro benzene ring substituents is 1. The summed E-state index contributed by atoms with van der Waals surface area (Å²) in [4.78, 5) is 29.5. The van der Waals surface area contributed by atoms with E-state index in [0.29, 0.717) is 22.7 Å². The first-order valence-corrected chi connectivity index (χ1v) is 9.62. The van der Waals surface area contributed by atoms with Gasteiger partial charge in [0.1, 0.15) is 0 Å². The Balaban J connectivity index is 1.71. The number of fused-ring (bicyclic) bond motifs is 1. The van der Waals surface area contributed by atoms with Crippen molar-refractivity contribution in [1.29, 1.82) is 0 Å². The molecule has 2 rings (SSSR count). The Morgan fingerprint density at radius 3 is 2.80 bits per heavy atom. The first kappa shape index (κ1) is 19.2. The molecule has 1 aromatic carbocycles. The third-order valence-electron chi connectivity index (χ3n) is 3.85. The maximum Gasteiger partial charge on any atom is 0.271 e. The van der Waals surface area contributed by atoms with Gasteiger partial charge in [0.25, 0.3) is 5.69 Å². The van der Waals surface area contributed by atoms with Gasteiger partial charge in [-0.2, -0.15) is 0 Å². The number of nitrogens with one attached hydrogen (secondary N) is 2. The van der Waals surface area contributed by atoms with Gasteiger partial charge < -0.3 is 10.3 Å². The van der Waals surface area contributed by atoms with E-state index in [1.54, 1.807) is 6.07 Å². The molecule has 0 aliphatic rings. The smallest absolute Gasteiger partial charge is 0.271 e. The zero-order valence-electron chi connectivity index (χ0n) is 14.4. The SMILES string of the molecule is CCCCCCCCNC(=O)CSc1nc2ccc([N+](=O)[O-])cc2[nH]1. The normalized spacial score (nSPS) is 10.9. The van der Waals surface area contributed by atoms with Crippen molar-refractivity contribution in [2.45, 2.75) is 50.6 Å². The maximum absolute atomic E-state index is 11.8. The van der Waals surface area contributed by atoms with Crippen LogP contribution in [0.5, 0.6) is 0 Å². The van der Waals surface area contributed by atoms with Crippen LogP contribution in [0.15, 0.2) is 23.4 Å². The molecule has 1 amide bonds. The largest absolute Gasteiger partial charge is 0.355 e. The predicted octanol–water partition coefficient (Wildman–Crippen LogP) is 4.04. The van der Waals surface area contributed by atoms with Crippen LogP contribution in [0.4, 0.5) is 5.69 Å². The van der Waals surface area contributed by atoms with E-state index in [4.69, 9.17) is 0 Å². The third kappa shape index (κ3) is 6.38. The average molecular weight is 364 g/mol. The summed E-state index contributed by atoms with van der Waals surface area (Å²) in [6.45, 7) is 2.90. The minimum absolute atomic E-state index is 0.0179. The molecule has 2 N–H and O–H groups in total. The Hall–Kier alpha value is -2.09. The monoisotopic (exact) mass is 364 g/mol. The number of nitrogens with zero attached hydrogens (tertiary/aromatic N) is 2. The fourth-order valence-electron chi connectivity index (χ4n) is 2.47. The summed E-state index contributed by atoms with van der Waals surface area (Å²) < 4.78 is 0. The summed E-state index contributed by atoms with van der Waals surface area (Å²) in [6, 6.07) is 4.47. The number of carbonyl (C=O) groups excluding carboxylic acids is 1. The number of aromatic amines is 1. The molecule has 0 aliphatic carbocycles. The zero-order chi connectivity index (χ0) is 18.1. The summed E-state index contributed by atoms with van der Waals surface area (Å²) >= 11 is 1.29. The van der Waals surface area contributed by atoms with Gasteiger partial charge in [0.2, 0.25) is 5.91 Å². The average Bonchev–Trinajstić information content (AvgIpc) is 3.01. The molecule has 7 nitrogen and oxygen atoms in total. The summed E-state index contributed by atoms with van der Waals surface area (Å²) in [5, 5.41) is 14.3. The number of benzene rings is 1. The van der Waals surface area contributed by atoms with E-state index >= 15 is 0 Å². The van der Waals surface area contributed by atoms with E-state index in [9.17, 15) is 14.9 Å². The van der Waals surface area contributed by atoms with Crippen molar-refractivity contribution >= 4 is 34.4 Å². The molecule has 0 saturated heterocycles. The molecule has 0 saturated carbocycles. The number of rotatable bonds is 11. The molecule has 0 aliphatic heterocycles. The predicted molar refractivity (Wildman–Crippen MR) is 99.9 cm³/mol. The Kier molecular flexibility index (Phi) is 7.72. The lowest BCUT2D eigenvalue weighted by atomic mass is 10.1. The van der Waals surface area contributed by atoms with Crippen molar-refractivity contribution in [2.24, 2.45) is 0 Å². The highest BCUT2D eigenvalue weighted by molar-refractivity contribution is 7.99. The second-order valence-electron chi connectivity index (χ2n) is 5.91. The van der Waals surface area contributed by atoms with Crippen molar-refractivity contribution in [3.8, 4) is 0 Å². The number of carbonyl (C=O) groups is 1. The number of nitro benzene ring substituents is 1. The molecule has 1 heterocycles. The second-order valence-corrected chi connectivity index (χ2v) is 6.87. The van der Waals surface area contributed by atoms with Crippen molar-refractivity contribution in [2.75, 3.05) is 12.3 Å². The summed E-state index contributed by atoms with van der Waals surface area (Å²) in [6.07, 6.45) is 7.17. The number of imidazole rings is 1. The first-order chi connectivity index (χ1) is 12.1. The van der Waals surface area contributed by atoms with Gasteiger partial charge in [-0.3, -0.25) is 14.9 Å². The summed E-state index contributed by atoms with van der Waals surface area (Å²) in [5.74, 6) is 0.252. The molecule has 25 heavy (non-hydrogen) atoms. The molecule has 136 valence electrons. The topological polar surface area (TPSA) is 101 Å². The van der Waals surface area contributed by atoms with E-state index < -0.39 is 4.92 Å². The van der Waals surface area contributed by atoms with Crippen LogP contribution in [0.1, 0.15) is 45.4 Å². The number of H-pyrrole nitrogens is 1. The van der Waals surface area contributed by atoms with Crippen LogP contribution < -0.4 is 5.32 Å². The van der Waals surface area contributed by atoms with Gasteiger partial charge in [-0.15, -0.1) is 0 Å². The van der Waals surface area contributed by atoms with Crippen molar-refractivity contribution < 1.29 is 9.72 Å². The number of thioether (sulfide) groups is 1. The minimum Gasteiger partial charge on any atom is -0.355 e. The minimum atomic E-state index is -0.442. The number of nitro groups is 1. The first-order valence-electron chi connectivity index (χ1n) is 8.64. The Bertz CT molecular complexity index is 717. The Morgan fingerprint density at radius 1 is 1.28 bits per heavy atom. The van der Waals surface area contributed by atoms with Gasteiger partial charge in [-0.1, -0.05) is 50.8 Å². The van der Waals surface area contributed by atoms with Crippen molar-refractivity contribution in [3.63, 3.8) is 0 Å². The standard InChI is InChI=1S/C17H24N4O3S/c1-2-3-4-5-6-7-10-18-16(22)12-25-17-19-14-9-8-13(21(23)24)11-15(14)20-17/h8-9,11H,2-7,10,12H2,1H3,(H,18,22)(H,19,20). The molecule has 8 heteroatoms. The highest BCUT2D eigenvalue weighted by Gasteiger charge is 2.11. The number of hydrogen-bond donors (Lipinski definition) is 2. The molecule has 0 bridgehead atoms. The second kappa shape index (κ2) is 10.0. The van der Waals surface area contributed by atoms with Crippen LogP contribution in [0, 0.1) is 10.1 Å². The molecule has 1 aromatic heterocycles. The van der Waals surface area contributed by atoms with E-state index in [2.05, 4.69) is 22.2 Å². The van der Waals surface area contributed by atoms with Gasteiger partial charge in [-0.25, -0.2) is 4.98 Å². The summed E-state index contributed by atoms with van der Waals surface area (Å²) in [5.41, 5.74) is 1.27. The number of unbranched alkanes of at least 4 members (excludes halogenated alkanes) is 5. The van der Waals surface area contributed by atoms with Crippen LogP contribution in [-0.4, -0.2) is 33.1 Å². The highest BCUT2D eigenvalue weighted by Crippen LogP contribution is 2.23. The highest BCUT2D eigenvalue weighted by atomic mass is 32.2. The lowest BCUT2D eigenvalue weighted by Gasteiger charge is -2.04. The van der Waals surface area contributed by atoms with E-state index in [0.717, 1.165) is 12.8 Å². The van der Waals surface area contributed by atoms with Crippen LogP contribution in [0.2, 0.25) is 0 Å². The van der Waals surface area contributed by atoms with Gasteiger partial charge in [-0.05, 0) is 12.5 Å². The van der Waals surface area contributed by atoms with Gasteiger partial charge in [0.15, 0.2) is 5.16 Å². The van der Waals surface area contributed by atoms with Crippen LogP contribution >= 0.6 is 11.8 Å². The van der Waals surface area contributed by atoms with Gasteiger partial charge >= 0.3 is 0 Å². The molecule has 0 atom stereocenters. The molecular weight excluding hydrogens is 340 g/mol. The van der Waals surface area contributed by atoms with E-state index in [1.807, 2.05) is 0 Å². The molecular formula is C17H24N4O3S. The molecule has 0 unspecified atom stereocenters. The third-order valence-corrected chi connectivity index (χ3v) is 4.72. The fourth-order valence-corrected chi connectivity index (χ4v) is 3.19. The van der Waals surface area contributed by atoms with Gasteiger partial charge in [0.05, 0.1) is 21.7 Å². The molecule has 0 radical (unpaired) electrons. The maximum atomic E-state index is 11.8. The lowest BCUT2D eigenvalue weighted by molar-refractivity contribution is -0.384. The van der Waals surface area contributed by atoms with Crippen molar-refractivity contribution in [3.05, 3.63) is 28.3 Å². The van der Waals surface area contributed by atoms with Crippen LogP contribution in [0.3, 0.4) is 0 Å². The van der Waals surface area contributed by atoms with Crippen LogP contribution in [0.25, 0.3) is 11.0 Å². The van der Waals surface area contributed by atoms with E-state index in [1.165, 1.54) is 49.6 Å². The lowest BCUT2D eigenvalue weighted by Crippen LogP contribution is -2.26. The van der Waals surface area contributed by atoms with Gasteiger partial charge in [0, 0.05) is 18.7 Å². The Morgan fingerprint density at radius 2 is 2.04 bits per heavy atom. The summed E-state index contributed by atoms with van der Waals surface area (Å²) in [7, 11) is 0. The zero-order valence-corrected chi connectivity index (χ0v) is 15.2. The quantitative estimate of drug-likeness (QED) is 0.271. The molecule has 2 aromatic rings. The molecule has 0 fully saturated rings. The van der Waals surface area contributed by atoms with E-state index in [-0.39, 0.29) is 17.3 Å². The Labute approximate surface area is 151 Å². The van der Waals surface area contributed by atoms with Crippen LogP contribution in [-0.2, 0) is 4.79 Å². The number of amides is 1. The van der Waals surface area contributed by atoms with Crippen molar-refractivity contribution in [1.82, 2.24) is 15.3 Å². The number of aromatic nitrogens is 2. The fraction of sp³-hybridized carbons (Fsp3) is 0.529. The number of hydrogen-bond acceptors (Lipinski definition) is 5.